The van der Waals surface area contributed by atoms with Gasteiger partial charge in [0, 0.05) is 41.9 Å². The molecule has 6 heteroatoms. The fraction of sp³-hybridized carbons (Fsp3) is 0.250. The smallest absolute Gasteiger partial charge is 0.189 e. The standard InChI is InChI=1S/C16H17FN4O/c1-11-8-19-21(10-11)5-4-18-9-13-7-16(22)14-6-12(17)2-3-15(14)20-13/h2-3,6-8,10,18H,4-5,9H2,1H3,(H,20,22). The van der Waals surface area contributed by atoms with Gasteiger partial charge in [0.1, 0.15) is 5.82 Å². The average molecular weight is 300 g/mol. The van der Waals surface area contributed by atoms with Crippen molar-refractivity contribution >= 4 is 10.9 Å². The third-order valence-electron chi connectivity index (χ3n) is 3.44. The first-order valence-electron chi connectivity index (χ1n) is 7.13. The predicted molar refractivity (Wildman–Crippen MR) is 83.2 cm³/mol. The number of hydrogen-bond donors (Lipinski definition) is 2. The van der Waals surface area contributed by atoms with Crippen LogP contribution in [0.15, 0.2) is 41.5 Å². The van der Waals surface area contributed by atoms with Crippen molar-refractivity contribution < 1.29 is 4.39 Å². The number of aryl methyl sites for hydroxylation is 1. The van der Waals surface area contributed by atoms with Gasteiger partial charge < -0.3 is 10.3 Å². The van der Waals surface area contributed by atoms with Gasteiger partial charge in [0.15, 0.2) is 5.43 Å². The highest BCUT2D eigenvalue weighted by molar-refractivity contribution is 5.78. The molecular weight excluding hydrogens is 283 g/mol. The molecule has 0 aliphatic carbocycles. The van der Waals surface area contributed by atoms with Crippen LogP contribution in [0.1, 0.15) is 11.3 Å². The van der Waals surface area contributed by atoms with Gasteiger partial charge in [0.2, 0.25) is 0 Å². The molecule has 22 heavy (non-hydrogen) atoms. The van der Waals surface area contributed by atoms with Crippen LogP contribution in [0.2, 0.25) is 0 Å². The summed E-state index contributed by atoms with van der Waals surface area (Å²) < 4.78 is 15.0. The second-order valence-corrected chi connectivity index (χ2v) is 5.31. The van der Waals surface area contributed by atoms with Crippen molar-refractivity contribution in [2.45, 2.75) is 20.0 Å². The summed E-state index contributed by atoms with van der Waals surface area (Å²) in [7, 11) is 0. The van der Waals surface area contributed by atoms with Gasteiger partial charge in [0.25, 0.3) is 0 Å². The molecule has 114 valence electrons. The molecule has 0 saturated heterocycles. The minimum Gasteiger partial charge on any atom is -0.357 e. The Labute approximate surface area is 126 Å². The van der Waals surface area contributed by atoms with Crippen molar-refractivity contribution in [3.05, 3.63) is 64.0 Å². The first kappa shape index (κ1) is 14.5. The van der Waals surface area contributed by atoms with E-state index in [4.69, 9.17) is 0 Å². The number of H-pyrrole nitrogens is 1. The van der Waals surface area contributed by atoms with Crippen LogP contribution in [-0.2, 0) is 13.1 Å². The van der Waals surface area contributed by atoms with Crippen LogP contribution < -0.4 is 10.7 Å². The van der Waals surface area contributed by atoms with E-state index < -0.39 is 5.82 Å². The number of aromatic amines is 1. The Morgan fingerprint density at radius 2 is 2.23 bits per heavy atom. The summed E-state index contributed by atoms with van der Waals surface area (Å²) >= 11 is 0. The van der Waals surface area contributed by atoms with Gasteiger partial charge in [-0.1, -0.05) is 0 Å². The van der Waals surface area contributed by atoms with Gasteiger partial charge in [-0.2, -0.15) is 5.10 Å². The van der Waals surface area contributed by atoms with Crippen molar-refractivity contribution in [3.8, 4) is 0 Å². The summed E-state index contributed by atoms with van der Waals surface area (Å²) in [6.07, 6.45) is 3.80. The number of pyridine rings is 1. The summed E-state index contributed by atoms with van der Waals surface area (Å²) in [6, 6.07) is 5.69. The van der Waals surface area contributed by atoms with Crippen molar-refractivity contribution in [2.24, 2.45) is 0 Å². The molecule has 2 N–H and O–H groups in total. The lowest BCUT2D eigenvalue weighted by Crippen LogP contribution is -2.21. The molecule has 1 aromatic carbocycles. The zero-order valence-electron chi connectivity index (χ0n) is 12.3. The molecule has 0 bridgehead atoms. The largest absolute Gasteiger partial charge is 0.357 e. The van der Waals surface area contributed by atoms with E-state index in [1.165, 1.54) is 18.2 Å². The molecule has 5 nitrogen and oxygen atoms in total. The summed E-state index contributed by atoms with van der Waals surface area (Å²) in [5, 5.41) is 7.84. The van der Waals surface area contributed by atoms with Crippen molar-refractivity contribution in [1.29, 1.82) is 0 Å². The van der Waals surface area contributed by atoms with E-state index in [2.05, 4.69) is 15.4 Å². The molecule has 0 fully saturated rings. The maximum absolute atomic E-state index is 13.2. The fourth-order valence-electron chi connectivity index (χ4n) is 2.38. The summed E-state index contributed by atoms with van der Waals surface area (Å²) in [4.78, 5) is 15.1. The van der Waals surface area contributed by atoms with E-state index >= 15 is 0 Å². The van der Waals surface area contributed by atoms with E-state index in [0.29, 0.717) is 17.4 Å². The number of nitrogens with one attached hydrogen (secondary N) is 2. The Hall–Kier alpha value is -2.47. The summed E-state index contributed by atoms with van der Waals surface area (Å²) in [5.74, 6) is -0.404. The van der Waals surface area contributed by atoms with E-state index in [9.17, 15) is 9.18 Å². The van der Waals surface area contributed by atoms with Crippen molar-refractivity contribution in [3.63, 3.8) is 0 Å². The maximum Gasteiger partial charge on any atom is 0.189 e. The molecule has 0 unspecified atom stereocenters. The third-order valence-corrected chi connectivity index (χ3v) is 3.44. The lowest BCUT2D eigenvalue weighted by molar-refractivity contribution is 0.552. The number of benzene rings is 1. The fourth-order valence-corrected chi connectivity index (χ4v) is 2.38. The monoisotopic (exact) mass is 300 g/mol. The lowest BCUT2D eigenvalue weighted by Gasteiger charge is -2.07. The molecule has 0 atom stereocenters. The molecule has 0 amide bonds. The Kier molecular flexibility index (Phi) is 4.02. The molecular formula is C16H17FN4O. The Morgan fingerprint density at radius 3 is 3.00 bits per heavy atom. The molecule has 0 saturated carbocycles. The van der Waals surface area contributed by atoms with Crippen LogP contribution >= 0.6 is 0 Å². The van der Waals surface area contributed by atoms with Gasteiger partial charge in [0.05, 0.1) is 12.7 Å². The zero-order chi connectivity index (χ0) is 15.5. The van der Waals surface area contributed by atoms with Gasteiger partial charge in [-0.25, -0.2) is 4.39 Å². The van der Waals surface area contributed by atoms with Gasteiger partial charge in [-0.15, -0.1) is 0 Å². The van der Waals surface area contributed by atoms with Crippen molar-refractivity contribution in [2.75, 3.05) is 6.54 Å². The average Bonchev–Trinajstić information content (AvgIpc) is 2.90. The van der Waals surface area contributed by atoms with E-state index in [-0.39, 0.29) is 5.43 Å². The number of aromatic nitrogens is 3. The predicted octanol–water partition coefficient (Wildman–Crippen LogP) is 1.96. The Balaban J connectivity index is 1.64. The van der Waals surface area contributed by atoms with Crippen LogP contribution in [-0.4, -0.2) is 21.3 Å². The van der Waals surface area contributed by atoms with Crippen LogP contribution in [0.3, 0.4) is 0 Å². The molecule has 0 aliphatic heterocycles. The summed E-state index contributed by atoms with van der Waals surface area (Å²) in [5.41, 5.74) is 2.38. The normalized spacial score (nSPS) is 11.2. The van der Waals surface area contributed by atoms with Crippen LogP contribution in [0.5, 0.6) is 0 Å². The van der Waals surface area contributed by atoms with Gasteiger partial charge in [-0.3, -0.25) is 9.48 Å². The minimum absolute atomic E-state index is 0.173. The minimum atomic E-state index is -0.404. The highest BCUT2D eigenvalue weighted by Crippen LogP contribution is 2.10. The first-order valence-corrected chi connectivity index (χ1v) is 7.13. The number of rotatable bonds is 5. The van der Waals surface area contributed by atoms with Gasteiger partial charge in [-0.05, 0) is 30.7 Å². The van der Waals surface area contributed by atoms with E-state index in [1.54, 1.807) is 6.07 Å². The van der Waals surface area contributed by atoms with Crippen LogP contribution in [0.4, 0.5) is 4.39 Å². The second kappa shape index (κ2) is 6.11. The van der Waals surface area contributed by atoms with E-state index in [1.807, 2.05) is 24.0 Å². The number of halogens is 1. The molecule has 0 radical (unpaired) electrons. The molecule has 2 aromatic heterocycles. The highest BCUT2D eigenvalue weighted by Gasteiger charge is 2.03. The molecule has 3 rings (SSSR count). The third kappa shape index (κ3) is 3.23. The summed E-state index contributed by atoms with van der Waals surface area (Å²) in [6.45, 7) is 4.05. The number of fused-ring (bicyclic) bond motifs is 1. The van der Waals surface area contributed by atoms with Crippen LogP contribution in [0, 0.1) is 12.7 Å². The molecule has 3 aromatic rings. The SMILES string of the molecule is Cc1cnn(CCNCc2cc(=O)c3cc(F)ccc3[nH]2)c1. The number of hydrogen-bond acceptors (Lipinski definition) is 3. The number of nitrogens with zero attached hydrogens (tertiary/aromatic N) is 2. The topological polar surface area (TPSA) is 62.7 Å². The lowest BCUT2D eigenvalue weighted by atomic mass is 10.2. The first-order chi connectivity index (χ1) is 10.6. The van der Waals surface area contributed by atoms with Crippen LogP contribution in [0.25, 0.3) is 10.9 Å². The van der Waals surface area contributed by atoms with Crippen molar-refractivity contribution in [1.82, 2.24) is 20.1 Å². The van der Waals surface area contributed by atoms with Gasteiger partial charge >= 0.3 is 0 Å². The van der Waals surface area contributed by atoms with E-state index in [0.717, 1.165) is 24.3 Å². The molecule has 0 aliphatic rings. The quantitative estimate of drug-likeness (QED) is 0.708. The Morgan fingerprint density at radius 1 is 1.36 bits per heavy atom. The zero-order valence-corrected chi connectivity index (χ0v) is 12.3. The molecule has 2 heterocycles. The Bertz CT molecular complexity index is 853. The maximum atomic E-state index is 13.2. The second-order valence-electron chi connectivity index (χ2n) is 5.31. The highest BCUT2D eigenvalue weighted by atomic mass is 19.1. The molecule has 0 spiro atoms.